The lowest BCUT2D eigenvalue weighted by Gasteiger charge is -2.18. The van der Waals surface area contributed by atoms with Crippen LogP contribution in [0.2, 0.25) is 0 Å². The molecule has 268 valence electrons. The van der Waals surface area contributed by atoms with E-state index in [0.717, 1.165) is 11.1 Å². The van der Waals surface area contributed by atoms with Gasteiger partial charge in [0.15, 0.2) is 26.4 Å². The quantitative estimate of drug-likeness (QED) is 0.152. The molecule has 0 spiro atoms. The number of hydrogen-bond acceptors (Lipinski definition) is 15. The number of rotatable bonds is 5. The van der Waals surface area contributed by atoms with Gasteiger partial charge in [0.25, 0.3) is 23.6 Å². The number of hydrogen-bond donors (Lipinski definition) is 4. The summed E-state index contributed by atoms with van der Waals surface area (Å²) in [5.41, 5.74) is 2.90. The molecule has 1 aromatic carbocycles. The van der Waals surface area contributed by atoms with Crippen LogP contribution in [0, 0.1) is 0 Å². The molecule has 0 saturated carbocycles. The summed E-state index contributed by atoms with van der Waals surface area (Å²) in [7, 11) is 0. The first-order valence-corrected chi connectivity index (χ1v) is 15.1. The summed E-state index contributed by atoms with van der Waals surface area (Å²) in [5, 5.41) is 13.1. The molecule has 2 aromatic heterocycles. The molecule has 4 amide bonds. The van der Waals surface area contributed by atoms with Crippen molar-refractivity contribution in [3.8, 4) is 11.3 Å². The number of carbonyl (C=O) groups excluding carboxylic acids is 8. The molecule has 20 nitrogen and oxygen atoms in total. The number of amides is 4. The molecular weight excluding hydrogens is 676 g/mol. The zero-order chi connectivity index (χ0) is 36.6. The highest BCUT2D eigenvalue weighted by molar-refractivity contribution is 5.90. The minimum absolute atomic E-state index is 0.0951. The third-order valence-electron chi connectivity index (χ3n) is 6.65. The van der Waals surface area contributed by atoms with Gasteiger partial charge < -0.3 is 40.2 Å². The van der Waals surface area contributed by atoms with E-state index in [1.807, 2.05) is 6.20 Å². The Morgan fingerprint density at radius 1 is 0.647 bits per heavy atom. The van der Waals surface area contributed by atoms with Gasteiger partial charge in [-0.2, -0.15) is 5.10 Å². The molecule has 4 rings (SSSR count). The van der Waals surface area contributed by atoms with Crippen LogP contribution in [0.5, 0.6) is 0 Å². The van der Waals surface area contributed by atoms with Crippen molar-refractivity contribution in [2.45, 2.75) is 19.0 Å². The Kier molecular flexibility index (Phi) is 13.6. The molecule has 1 saturated heterocycles. The Balaban J connectivity index is 1.38. The average Bonchev–Trinajstić information content (AvgIpc) is 3.60. The summed E-state index contributed by atoms with van der Waals surface area (Å²) < 4.78 is 21.0. The van der Waals surface area contributed by atoms with Crippen molar-refractivity contribution in [2.75, 3.05) is 46.1 Å². The second-order valence-electron chi connectivity index (χ2n) is 10.6. The normalized spacial score (nSPS) is 18.0. The minimum Gasteiger partial charge on any atom is -0.454 e. The smallest absolute Gasteiger partial charge is 0.329 e. The largest absolute Gasteiger partial charge is 0.454 e. The Hall–Kier alpha value is -6.73. The van der Waals surface area contributed by atoms with Crippen LogP contribution in [0.4, 0.5) is 0 Å². The topological polar surface area (TPSA) is 265 Å². The fourth-order valence-corrected chi connectivity index (χ4v) is 4.16. The predicted octanol–water partition coefficient (Wildman–Crippen LogP) is -3.05. The number of cyclic esters (lactones) is 4. The number of ether oxygens (including phenoxy) is 4. The van der Waals surface area contributed by atoms with E-state index in [4.69, 9.17) is 9.47 Å². The summed E-state index contributed by atoms with van der Waals surface area (Å²) in [5.74, 6) is -7.61. The van der Waals surface area contributed by atoms with Gasteiger partial charge in [-0.15, -0.1) is 0 Å². The van der Waals surface area contributed by atoms with Gasteiger partial charge in [-0.1, -0.05) is 24.3 Å². The van der Waals surface area contributed by atoms with Crippen LogP contribution in [0.3, 0.4) is 0 Å². The van der Waals surface area contributed by atoms with Gasteiger partial charge in [0, 0.05) is 30.6 Å². The number of carbonyl (C=O) groups is 8. The number of nitrogens with zero attached hydrogens (tertiary/aromatic N) is 4. The van der Waals surface area contributed by atoms with Crippen LogP contribution in [0.1, 0.15) is 11.1 Å². The first-order chi connectivity index (χ1) is 24.5. The SMILES string of the molecule is O=C1COC(=O)CNC(=O)COC(=O)C(Cc2ccc(Cn3cc(-c4cnccn4)cn3)cc2)NC(=O)COC(=O)CNC(=O)COC(=O)CN1. The highest BCUT2D eigenvalue weighted by Crippen LogP contribution is 2.15. The molecule has 20 heteroatoms. The van der Waals surface area contributed by atoms with Crippen molar-refractivity contribution in [1.82, 2.24) is 41.0 Å². The fourth-order valence-electron chi connectivity index (χ4n) is 4.16. The van der Waals surface area contributed by atoms with Gasteiger partial charge >= 0.3 is 23.9 Å². The molecule has 3 aromatic rings. The lowest BCUT2D eigenvalue weighted by Crippen LogP contribution is -2.46. The first kappa shape index (κ1) is 37.1. The van der Waals surface area contributed by atoms with Crippen LogP contribution in [0.15, 0.2) is 55.2 Å². The fraction of sp³-hybridized carbons (Fsp3) is 0.323. The molecular formula is C31H32N8O12. The molecule has 4 N–H and O–H groups in total. The Morgan fingerprint density at radius 2 is 1.18 bits per heavy atom. The molecule has 1 aliphatic rings. The molecule has 51 heavy (non-hydrogen) atoms. The average molecular weight is 709 g/mol. The van der Waals surface area contributed by atoms with Gasteiger partial charge in [0.05, 0.1) is 24.6 Å². The van der Waals surface area contributed by atoms with E-state index in [9.17, 15) is 38.4 Å². The Morgan fingerprint density at radius 3 is 1.73 bits per heavy atom. The maximum absolute atomic E-state index is 13.0. The highest BCUT2D eigenvalue weighted by atomic mass is 16.6. The van der Waals surface area contributed by atoms with E-state index in [1.54, 1.807) is 53.7 Å². The summed E-state index contributed by atoms with van der Waals surface area (Å²) in [6.07, 6.45) is 8.15. The van der Waals surface area contributed by atoms with E-state index in [-0.39, 0.29) is 6.42 Å². The van der Waals surface area contributed by atoms with Crippen LogP contribution in [-0.2, 0) is 70.3 Å². The summed E-state index contributed by atoms with van der Waals surface area (Å²) in [6.45, 7) is -4.88. The van der Waals surface area contributed by atoms with E-state index in [0.29, 0.717) is 17.8 Å². The van der Waals surface area contributed by atoms with E-state index >= 15 is 0 Å². The van der Waals surface area contributed by atoms with Crippen molar-refractivity contribution in [1.29, 1.82) is 0 Å². The van der Waals surface area contributed by atoms with Crippen LogP contribution in [0.25, 0.3) is 11.3 Å². The minimum atomic E-state index is -1.35. The number of benzene rings is 1. The number of nitrogens with one attached hydrogen (secondary N) is 4. The third kappa shape index (κ3) is 13.0. The molecule has 1 fully saturated rings. The molecule has 1 atom stereocenters. The van der Waals surface area contributed by atoms with E-state index < -0.39 is 99.6 Å². The van der Waals surface area contributed by atoms with E-state index in [2.05, 4.69) is 45.8 Å². The van der Waals surface area contributed by atoms with Gasteiger partial charge in [-0.3, -0.25) is 48.2 Å². The molecule has 0 radical (unpaired) electrons. The summed E-state index contributed by atoms with van der Waals surface area (Å²) in [4.78, 5) is 106. The number of esters is 4. The maximum atomic E-state index is 13.0. The lowest BCUT2D eigenvalue weighted by molar-refractivity contribution is -0.154. The van der Waals surface area contributed by atoms with Crippen LogP contribution < -0.4 is 21.3 Å². The Labute approximate surface area is 288 Å². The maximum Gasteiger partial charge on any atom is 0.329 e. The third-order valence-corrected chi connectivity index (χ3v) is 6.65. The summed E-state index contributed by atoms with van der Waals surface area (Å²) in [6, 6.07) is 5.66. The monoisotopic (exact) mass is 708 g/mol. The van der Waals surface area contributed by atoms with Gasteiger partial charge in [-0.05, 0) is 11.1 Å². The standard InChI is InChI=1S/C31H32N8O12/c40-24-15-49-29(45)11-36-26(42)17-51-31(47)22(38-27(43)18-50-30(46)12-35-25(41)16-48-28(44)10-34-24)7-19-1-3-20(4-2-19)13-39-14-21(8-37-39)23-9-32-5-6-33-23/h1-6,8-9,14,22H,7,10-13,15-18H2,(H,34,40)(H,35,41)(H,36,42)(H,38,43). The second kappa shape index (κ2) is 18.7. The van der Waals surface area contributed by atoms with Gasteiger partial charge in [0.2, 0.25) is 0 Å². The van der Waals surface area contributed by atoms with Gasteiger partial charge in [-0.25, -0.2) is 4.79 Å². The van der Waals surface area contributed by atoms with Crippen LogP contribution in [-0.4, -0.2) is 119 Å². The molecule has 1 aliphatic heterocycles. The van der Waals surface area contributed by atoms with Crippen molar-refractivity contribution < 1.29 is 57.3 Å². The van der Waals surface area contributed by atoms with Crippen molar-refractivity contribution >= 4 is 47.5 Å². The Bertz CT molecular complexity index is 1750. The van der Waals surface area contributed by atoms with Crippen LogP contribution >= 0.6 is 0 Å². The zero-order valence-electron chi connectivity index (χ0n) is 26.8. The molecule has 0 bridgehead atoms. The van der Waals surface area contributed by atoms with E-state index in [1.165, 1.54) is 0 Å². The second-order valence-corrected chi connectivity index (χ2v) is 10.6. The summed E-state index contributed by atoms with van der Waals surface area (Å²) >= 11 is 0. The number of aromatic nitrogens is 4. The highest BCUT2D eigenvalue weighted by Gasteiger charge is 2.25. The van der Waals surface area contributed by atoms with Gasteiger partial charge in [0.1, 0.15) is 25.7 Å². The van der Waals surface area contributed by atoms with Crippen molar-refractivity contribution in [3.63, 3.8) is 0 Å². The predicted molar refractivity (Wildman–Crippen MR) is 167 cm³/mol. The molecule has 1 unspecified atom stereocenters. The zero-order valence-corrected chi connectivity index (χ0v) is 26.8. The lowest BCUT2D eigenvalue weighted by atomic mass is 10.0. The van der Waals surface area contributed by atoms with Crippen molar-refractivity contribution in [2.24, 2.45) is 0 Å². The van der Waals surface area contributed by atoms with Crippen molar-refractivity contribution in [3.05, 3.63) is 66.4 Å². The molecule has 0 aliphatic carbocycles. The first-order valence-electron chi connectivity index (χ1n) is 15.1. The molecule has 3 heterocycles.